The van der Waals surface area contributed by atoms with Gasteiger partial charge < -0.3 is 10.4 Å². The number of hydrogen-bond acceptors (Lipinski definition) is 5. The Morgan fingerprint density at radius 3 is 2.88 bits per heavy atom. The first kappa shape index (κ1) is 15.3. The fourth-order valence-corrected chi connectivity index (χ4v) is 3.47. The molecule has 1 aliphatic carbocycles. The van der Waals surface area contributed by atoms with Crippen LogP contribution in [0, 0.1) is 13.8 Å². The molecule has 0 amide bonds. The molecule has 1 aliphatic rings. The summed E-state index contributed by atoms with van der Waals surface area (Å²) in [7, 11) is 1.91. The van der Waals surface area contributed by atoms with Crippen LogP contribution in [0.1, 0.15) is 29.3 Å². The maximum absolute atomic E-state index is 10.1. The Bertz CT molecular complexity index is 882. The minimum Gasteiger partial charge on any atom is -0.391 e. The molecule has 3 heterocycles. The standard InChI is InChI=1S/C17H22N6O/c1-10-6-20-23(9-10)16-14(5-15(16)24)18-7-12-4-13-11(2)21-22(3)17(13)19-8-12/h4,6,8-9,14-16,18,24H,5,7H2,1-3H3/t14-,15+,16+/m0/s1. The van der Waals surface area contributed by atoms with Crippen LogP contribution in [0.25, 0.3) is 11.0 Å². The molecule has 4 rings (SSSR count). The summed E-state index contributed by atoms with van der Waals surface area (Å²) in [6, 6.07) is 2.35. The van der Waals surface area contributed by atoms with Crippen LogP contribution in [0.2, 0.25) is 0 Å². The molecule has 3 aromatic rings. The van der Waals surface area contributed by atoms with Crippen LogP contribution in [-0.4, -0.2) is 41.8 Å². The fourth-order valence-electron chi connectivity index (χ4n) is 3.47. The molecule has 0 aliphatic heterocycles. The van der Waals surface area contributed by atoms with Gasteiger partial charge in [0.15, 0.2) is 5.65 Å². The molecule has 24 heavy (non-hydrogen) atoms. The lowest BCUT2D eigenvalue weighted by molar-refractivity contribution is -0.00824. The molecule has 0 bridgehead atoms. The summed E-state index contributed by atoms with van der Waals surface area (Å²) in [5, 5.41) is 23.5. The van der Waals surface area contributed by atoms with Gasteiger partial charge in [-0.15, -0.1) is 0 Å². The number of nitrogens with zero attached hydrogens (tertiary/aromatic N) is 5. The molecular weight excluding hydrogens is 304 g/mol. The maximum Gasteiger partial charge on any atom is 0.157 e. The van der Waals surface area contributed by atoms with E-state index in [1.165, 1.54) is 0 Å². The number of aliphatic hydroxyl groups excluding tert-OH is 1. The van der Waals surface area contributed by atoms with Gasteiger partial charge in [-0.25, -0.2) is 4.98 Å². The highest BCUT2D eigenvalue weighted by Gasteiger charge is 2.41. The van der Waals surface area contributed by atoms with Crippen molar-refractivity contribution in [2.75, 3.05) is 0 Å². The number of aliphatic hydroxyl groups is 1. The summed E-state index contributed by atoms with van der Waals surface area (Å²) in [4.78, 5) is 4.51. The lowest BCUT2D eigenvalue weighted by Crippen LogP contribution is -2.54. The fraction of sp³-hybridized carbons (Fsp3) is 0.471. The zero-order valence-corrected chi connectivity index (χ0v) is 14.1. The summed E-state index contributed by atoms with van der Waals surface area (Å²) in [6.07, 6.45) is 6.09. The third-order valence-electron chi connectivity index (χ3n) is 4.83. The third kappa shape index (κ3) is 2.50. The Hall–Kier alpha value is -2.25. The molecule has 0 unspecified atom stereocenters. The zero-order valence-electron chi connectivity index (χ0n) is 14.1. The number of hydrogen-bond donors (Lipinski definition) is 2. The van der Waals surface area contributed by atoms with Crippen LogP contribution in [0.15, 0.2) is 24.7 Å². The van der Waals surface area contributed by atoms with Gasteiger partial charge in [-0.3, -0.25) is 9.36 Å². The van der Waals surface area contributed by atoms with Gasteiger partial charge in [-0.2, -0.15) is 10.2 Å². The molecule has 0 spiro atoms. The van der Waals surface area contributed by atoms with Crippen molar-refractivity contribution in [2.45, 2.75) is 45.0 Å². The van der Waals surface area contributed by atoms with Gasteiger partial charge in [-0.1, -0.05) is 0 Å². The minimum absolute atomic E-state index is 0.00415. The first-order chi connectivity index (χ1) is 11.5. The summed E-state index contributed by atoms with van der Waals surface area (Å²) in [6.45, 7) is 4.72. The molecule has 1 fully saturated rings. The topological polar surface area (TPSA) is 80.8 Å². The van der Waals surface area contributed by atoms with E-state index in [-0.39, 0.29) is 18.2 Å². The van der Waals surface area contributed by atoms with E-state index in [9.17, 15) is 5.11 Å². The number of rotatable bonds is 4. The molecular formula is C17H22N6O. The van der Waals surface area contributed by atoms with Crippen molar-refractivity contribution in [3.8, 4) is 0 Å². The first-order valence-corrected chi connectivity index (χ1v) is 8.23. The lowest BCUT2D eigenvalue weighted by atomic mass is 9.83. The zero-order chi connectivity index (χ0) is 16.8. The van der Waals surface area contributed by atoms with E-state index in [1.54, 1.807) is 4.68 Å². The highest BCUT2D eigenvalue weighted by atomic mass is 16.3. The highest BCUT2D eigenvalue weighted by Crippen LogP contribution is 2.32. The highest BCUT2D eigenvalue weighted by molar-refractivity contribution is 5.78. The Labute approximate surface area is 140 Å². The van der Waals surface area contributed by atoms with Gasteiger partial charge in [0.05, 0.1) is 24.0 Å². The smallest absolute Gasteiger partial charge is 0.157 e. The average Bonchev–Trinajstić information content (AvgIpc) is 3.07. The third-order valence-corrected chi connectivity index (χ3v) is 4.83. The second kappa shape index (κ2) is 5.68. The van der Waals surface area contributed by atoms with Crippen LogP contribution in [0.3, 0.4) is 0 Å². The van der Waals surface area contributed by atoms with Crippen molar-refractivity contribution in [3.05, 3.63) is 41.5 Å². The monoisotopic (exact) mass is 326 g/mol. The van der Waals surface area contributed by atoms with E-state index in [0.29, 0.717) is 6.54 Å². The van der Waals surface area contributed by atoms with E-state index < -0.39 is 0 Å². The van der Waals surface area contributed by atoms with Crippen molar-refractivity contribution in [3.63, 3.8) is 0 Å². The van der Waals surface area contributed by atoms with Crippen LogP contribution in [0.4, 0.5) is 0 Å². The summed E-state index contributed by atoms with van der Waals surface area (Å²) in [5.41, 5.74) is 4.12. The van der Waals surface area contributed by atoms with Crippen molar-refractivity contribution < 1.29 is 5.11 Å². The van der Waals surface area contributed by atoms with Gasteiger partial charge in [0.2, 0.25) is 0 Å². The lowest BCUT2D eigenvalue weighted by Gasteiger charge is -2.42. The largest absolute Gasteiger partial charge is 0.391 e. The molecule has 3 atom stereocenters. The van der Waals surface area contributed by atoms with Crippen LogP contribution in [-0.2, 0) is 13.6 Å². The Kier molecular flexibility index (Phi) is 3.62. The molecule has 7 heteroatoms. The quantitative estimate of drug-likeness (QED) is 0.754. The van der Waals surface area contributed by atoms with Crippen LogP contribution < -0.4 is 5.32 Å². The maximum atomic E-state index is 10.1. The summed E-state index contributed by atoms with van der Waals surface area (Å²) in [5.74, 6) is 0. The number of aryl methyl sites for hydroxylation is 3. The summed E-state index contributed by atoms with van der Waals surface area (Å²) < 4.78 is 3.67. The molecule has 0 radical (unpaired) electrons. The second-order valence-corrected chi connectivity index (χ2v) is 6.70. The van der Waals surface area contributed by atoms with Gasteiger partial charge in [0.1, 0.15) is 0 Å². The van der Waals surface area contributed by atoms with Gasteiger partial charge in [-0.05, 0) is 37.5 Å². The average molecular weight is 326 g/mol. The van der Waals surface area contributed by atoms with E-state index in [2.05, 4.69) is 26.6 Å². The van der Waals surface area contributed by atoms with E-state index in [0.717, 1.165) is 34.3 Å². The number of pyridine rings is 1. The van der Waals surface area contributed by atoms with E-state index in [1.807, 2.05) is 44.2 Å². The van der Waals surface area contributed by atoms with Gasteiger partial charge >= 0.3 is 0 Å². The number of nitrogens with one attached hydrogen (secondary N) is 1. The summed E-state index contributed by atoms with van der Waals surface area (Å²) >= 11 is 0. The van der Waals surface area contributed by atoms with Crippen molar-refractivity contribution >= 4 is 11.0 Å². The van der Waals surface area contributed by atoms with Crippen molar-refractivity contribution in [1.29, 1.82) is 0 Å². The molecule has 126 valence electrons. The normalized spacial score (nSPS) is 23.6. The Morgan fingerprint density at radius 2 is 2.17 bits per heavy atom. The molecule has 3 aromatic heterocycles. The van der Waals surface area contributed by atoms with Crippen LogP contribution in [0.5, 0.6) is 0 Å². The molecule has 2 N–H and O–H groups in total. The predicted molar refractivity (Wildman–Crippen MR) is 90.5 cm³/mol. The molecule has 0 aromatic carbocycles. The Morgan fingerprint density at radius 1 is 1.33 bits per heavy atom. The number of aromatic nitrogens is 5. The predicted octanol–water partition coefficient (Wildman–Crippen LogP) is 1.25. The molecule has 7 nitrogen and oxygen atoms in total. The first-order valence-electron chi connectivity index (χ1n) is 8.23. The van der Waals surface area contributed by atoms with E-state index in [4.69, 9.17) is 0 Å². The van der Waals surface area contributed by atoms with Gasteiger partial charge in [0, 0.05) is 37.4 Å². The SMILES string of the molecule is Cc1cnn([C@H]2[C@H](O)C[C@@H]2NCc2cnc3c(c2)c(C)nn3C)c1. The van der Waals surface area contributed by atoms with Gasteiger partial charge in [0.25, 0.3) is 0 Å². The van der Waals surface area contributed by atoms with E-state index >= 15 is 0 Å². The number of fused-ring (bicyclic) bond motifs is 1. The second-order valence-electron chi connectivity index (χ2n) is 6.70. The molecule has 0 saturated heterocycles. The van der Waals surface area contributed by atoms with Crippen molar-refractivity contribution in [1.82, 2.24) is 29.9 Å². The van der Waals surface area contributed by atoms with Crippen molar-refractivity contribution in [2.24, 2.45) is 7.05 Å². The Balaban J connectivity index is 1.48. The van der Waals surface area contributed by atoms with Crippen LogP contribution >= 0.6 is 0 Å². The minimum atomic E-state index is -0.344. The molecule has 1 saturated carbocycles.